The van der Waals surface area contributed by atoms with Gasteiger partial charge in [-0.25, -0.2) is 4.98 Å². The summed E-state index contributed by atoms with van der Waals surface area (Å²) in [4.78, 5) is 3.72. The molecule has 0 amide bonds. The standard InChI is InChI=1S/C23H24BrF3N6/c24-19-14-21-31-18(23(25,26)27)13-20(33(21)32-19)30-15-22(16-5-2-1-3-6-16)9-7-17(8-10-22)29-12-4-11-28/h1-3,5-6,13-14,17,29-30H,4,7-10,12,15H2. The molecule has 33 heavy (non-hydrogen) atoms. The van der Waals surface area contributed by atoms with Gasteiger partial charge in [-0.05, 0) is 47.2 Å². The maximum absolute atomic E-state index is 13.4. The Morgan fingerprint density at radius 3 is 2.58 bits per heavy atom. The summed E-state index contributed by atoms with van der Waals surface area (Å²) in [5, 5.41) is 19.7. The summed E-state index contributed by atoms with van der Waals surface area (Å²) in [6, 6.07) is 15.1. The van der Waals surface area contributed by atoms with Crippen molar-refractivity contribution in [2.75, 3.05) is 18.4 Å². The molecule has 174 valence electrons. The van der Waals surface area contributed by atoms with Gasteiger partial charge in [0.2, 0.25) is 0 Å². The molecule has 0 aliphatic heterocycles. The van der Waals surface area contributed by atoms with Crippen LogP contribution in [0.4, 0.5) is 19.0 Å². The van der Waals surface area contributed by atoms with E-state index in [1.54, 1.807) is 0 Å². The highest BCUT2D eigenvalue weighted by Gasteiger charge is 2.38. The number of halogens is 4. The van der Waals surface area contributed by atoms with E-state index >= 15 is 0 Å². The predicted molar refractivity (Wildman–Crippen MR) is 123 cm³/mol. The van der Waals surface area contributed by atoms with Gasteiger partial charge in [0, 0.05) is 43.1 Å². The molecule has 0 saturated heterocycles. The molecule has 2 N–H and O–H groups in total. The minimum atomic E-state index is -4.56. The van der Waals surface area contributed by atoms with Gasteiger partial charge < -0.3 is 10.6 Å². The number of alkyl halides is 3. The van der Waals surface area contributed by atoms with Crippen molar-refractivity contribution in [1.29, 1.82) is 5.26 Å². The van der Waals surface area contributed by atoms with E-state index in [1.165, 1.54) is 10.6 Å². The van der Waals surface area contributed by atoms with E-state index in [1.807, 2.05) is 18.2 Å². The van der Waals surface area contributed by atoms with E-state index in [9.17, 15) is 13.2 Å². The van der Waals surface area contributed by atoms with Crippen LogP contribution in [-0.4, -0.2) is 33.7 Å². The Morgan fingerprint density at radius 1 is 1.18 bits per heavy atom. The molecule has 1 fully saturated rings. The van der Waals surface area contributed by atoms with Crippen molar-refractivity contribution in [2.45, 2.75) is 49.7 Å². The average molecular weight is 521 g/mol. The first-order valence-electron chi connectivity index (χ1n) is 10.8. The van der Waals surface area contributed by atoms with Gasteiger partial charge >= 0.3 is 6.18 Å². The Morgan fingerprint density at radius 2 is 1.91 bits per heavy atom. The molecule has 10 heteroatoms. The third-order valence-corrected chi connectivity index (χ3v) is 6.68. The van der Waals surface area contributed by atoms with Crippen molar-refractivity contribution in [2.24, 2.45) is 0 Å². The van der Waals surface area contributed by atoms with Gasteiger partial charge in [-0.3, -0.25) is 0 Å². The Kier molecular flexibility index (Phi) is 6.91. The first-order valence-corrected chi connectivity index (χ1v) is 11.6. The summed E-state index contributed by atoms with van der Waals surface area (Å²) >= 11 is 3.23. The molecule has 1 aromatic carbocycles. The lowest BCUT2D eigenvalue weighted by Gasteiger charge is -2.41. The monoisotopic (exact) mass is 520 g/mol. The summed E-state index contributed by atoms with van der Waals surface area (Å²) in [5.41, 5.74) is 0.103. The van der Waals surface area contributed by atoms with Gasteiger partial charge in [0.15, 0.2) is 11.3 Å². The van der Waals surface area contributed by atoms with Crippen molar-refractivity contribution >= 4 is 27.4 Å². The van der Waals surface area contributed by atoms with Crippen LogP contribution in [0.25, 0.3) is 5.65 Å². The number of nitriles is 1. The fraction of sp³-hybridized carbons (Fsp3) is 0.435. The summed E-state index contributed by atoms with van der Waals surface area (Å²) in [6.07, 6.45) is -0.487. The van der Waals surface area contributed by atoms with Crippen LogP contribution in [0.15, 0.2) is 47.1 Å². The van der Waals surface area contributed by atoms with Gasteiger partial charge in [-0.1, -0.05) is 30.3 Å². The summed E-state index contributed by atoms with van der Waals surface area (Å²) in [6.45, 7) is 1.14. The fourth-order valence-electron chi connectivity index (χ4n) is 4.54. The van der Waals surface area contributed by atoms with Crippen LogP contribution >= 0.6 is 15.9 Å². The smallest absolute Gasteiger partial charge is 0.369 e. The first kappa shape index (κ1) is 23.5. The molecule has 0 bridgehead atoms. The van der Waals surface area contributed by atoms with E-state index < -0.39 is 11.9 Å². The maximum atomic E-state index is 13.4. The number of nitrogens with zero attached hydrogens (tertiary/aromatic N) is 4. The lowest BCUT2D eigenvalue weighted by Crippen LogP contribution is -2.43. The molecule has 1 aliphatic rings. The Balaban J connectivity index is 1.60. The molecule has 2 heterocycles. The minimum absolute atomic E-state index is 0.123. The Hall–Kier alpha value is -2.64. The van der Waals surface area contributed by atoms with Crippen molar-refractivity contribution < 1.29 is 13.2 Å². The molecule has 6 nitrogen and oxygen atoms in total. The lowest BCUT2D eigenvalue weighted by atomic mass is 9.68. The van der Waals surface area contributed by atoms with Crippen LogP contribution in [0.3, 0.4) is 0 Å². The van der Waals surface area contributed by atoms with Gasteiger partial charge in [0.05, 0.1) is 6.07 Å². The topological polar surface area (TPSA) is 78.0 Å². The first-order chi connectivity index (χ1) is 15.8. The normalized spacial score (nSPS) is 21.1. The molecule has 1 aliphatic carbocycles. The minimum Gasteiger partial charge on any atom is -0.369 e. The third kappa shape index (κ3) is 5.31. The van der Waals surface area contributed by atoms with E-state index in [4.69, 9.17) is 5.26 Å². The van der Waals surface area contributed by atoms with Crippen LogP contribution in [0.5, 0.6) is 0 Å². The Labute approximate surface area is 198 Å². The SMILES string of the molecule is N#CCCNC1CCC(CNc2cc(C(F)(F)F)nc3cc(Br)nn23)(c2ccccc2)CC1. The maximum Gasteiger partial charge on any atom is 0.433 e. The van der Waals surface area contributed by atoms with E-state index in [0.29, 0.717) is 30.2 Å². The highest BCUT2D eigenvalue weighted by molar-refractivity contribution is 9.10. The van der Waals surface area contributed by atoms with E-state index in [-0.39, 0.29) is 16.9 Å². The molecule has 0 atom stereocenters. The number of hydrogen-bond acceptors (Lipinski definition) is 5. The molecule has 0 spiro atoms. The van der Waals surface area contributed by atoms with Crippen LogP contribution in [0.1, 0.15) is 43.4 Å². The van der Waals surface area contributed by atoms with E-state index in [2.05, 4.69) is 54.8 Å². The van der Waals surface area contributed by atoms with Crippen LogP contribution < -0.4 is 10.6 Å². The van der Waals surface area contributed by atoms with Crippen molar-refractivity contribution in [3.05, 3.63) is 58.3 Å². The average Bonchev–Trinajstić information content (AvgIpc) is 3.19. The van der Waals surface area contributed by atoms with E-state index in [0.717, 1.165) is 37.3 Å². The largest absolute Gasteiger partial charge is 0.433 e. The number of anilines is 1. The number of hydrogen-bond donors (Lipinski definition) is 2. The zero-order valence-corrected chi connectivity index (χ0v) is 19.5. The van der Waals surface area contributed by atoms with Gasteiger partial charge in [-0.15, -0.1) is 0 Å². The zero-order chi connectivity index (χ0) is 23.5. The number of aromatic nitrogens is 3. The second kappa shape index (κ2) is 9.69. The highest BCUT2D eigenvalue weighted by Crippen LogP contribution is 2.40. The quantitative estimate of drug-likeness (QED) is 0.413. The van der Waals surface area contributed by atoms with Crippen molar-refractivity contribution in [3.8, 4) is 6.07 Å². The molecular formula is C23H24BrF3N6. The lowest BCUT2D eigenvalue weighted by molar-refractivity contribution is -0.141. The molecule has 0 radical (unpaired) electrons. The third-order valence-electron chi connectivity index (χ3n) is 6.29. The summed E-state index contributed by atoms with van der Waals surface area (Å²) < 4.78 is 42.2. The van der Waals surface area contributed by atoms with Crippen LogP contribution in [0.2, 0.25) is 0 Å². The van der Waals surface area contributed by atoms with Crippen LogP contribution in [0, 0.1) is 11.3 Å². The van der Waals surface area contributed by atoms with Gasteiger partial charge in [-0.2, -0.15) is 28.0 Å². The van der Waals surface area contributed by atoms with Crippen molar-refractivity contribution in [3.63, 3.8) is 0 Å². The van der Waals surface area contributed by atoms with Gasteiger partial charge in [0.1, 0.15) is 10.4 Å². The molecule has 4 rings (SSSR count). The summed E-state index contributed by atoms with van der Waals surface area (Å²) in [5.74, 6) is 0.252. The number of nitrogens with one attached hydrogen (secondary N) is 2. The number of benzene rings is 1. The second-order valence-corrected chi connectivity index (χ2v) is 9.21. The molecule has 3 aromatic rings. The second-order valence-electron chi connectivity index (χ2n) is 8.40. The molecule has 2 aromatic heterocycles. The predicted octanol–water partition coefficient (Wildman–Crippen LogP) is 5.31. The number of fused-ring (bicyclic) bond motifs is 1. The Bertz CT molecular complexity index is 1130. The van der Waals surface area contributed by atoms with Crippen molar-refractivity contribution in [1.82, 2.24) is 19.9 Å². The van der Waals surface area contributed by atoms with Crippen LogP contribution in [-0.2, 0) is 11.6 Å². The fourth-order valence-corrected chi connectivity index (χ4v) is 4.91. The molecular weight excluding hydrogens is 497 g/mol. The molecule has 0 unspecified atom stereocenters. The highest BCUT2D eigenvalue weighted by atomic mass is 79.9. The summed E-state index contributed by atoms with van der Waals surface area (Å²) in [7, 11) is 0. The number of rotatable bonds is 7. The zero-order valence-electron chi connectivity index (χ0n) is 17.9. The molecule has 1 saturated carbocycles. The van der Waals surface area contributed by atoms with Gasteiger partial charge in [0.25, 0.3) is 0 Å².